The van der Waals surface area contributed by atoms with Gasteiger partial charge in [-0.2, -0.15) is 0 Å². The highest BCUT2D eigenvalue weighted by atomic mass is 32.1. The third-order valence-corrected chi connectivity index (χ3v) is 5.60. The summed E-state index contributed by atoms with van der Waals surface area (Å²) in [7, 11) is 0. The standard InChI is InChI=1S/C19H22N4O2S/c24-18(20-14-8-4-5-9-14)17(13-6-2-1-3-7-13)23(15-10-11-15)19(25)16-12-26-22-21-16/h1-3,6-7,12,14-15,17H,4-5,8-11H2,(H,20,24)/t17-/m1/s1. The van der Waals surface area contributed by atoms with Crippen molar-refractivity contribution in [3.8, 4) is 0 Å². The number of hydrogen-bond acceptors (Lipinski definition) is 5. The van der Waals surface area contributed by atoms with Crippen molar-refractivity contribution in [1.82, 2.24) is 19.8 Å². The van der Waals surface area contributed by atoms with Gasteiger partial charge in [0.25, 0.3) is 5.91 Å². The number of carbonyl (C=O) groups excluding carboxylic acids is 2. The lowest BCUT2D eigenvalue weighted by Crippen LogP contribution is -2.47. The fraction of sp³-hybridized carbons (Fsp3) is 0.474. The van der Waals surface area contributed by atoms with Gasteiger partial charge >= 0.3 is 0 Å². The molecule has 0 unspecified atom stereocenters. The van der Waals surface area contributed by atoms with E-state index in [0.717, 1.165) is 55.6 Å². The molecule has 2 saturated carbocycles. The van der Waals surface area contributed by atoms with Crippen LogP contribution in [0.2, 0.25) is 0 Å². The van der Waals surface area contributed by atoms with Crippen LogP contribution in [0.15, 0.2) is 35.7 Å². The van der Waals surface area contributed by atoms with Gasteiger partial charge in [0.05, 0.1) is 0 Å². The zero-order chi connectivity index (χ0) is 17.9. The molecule has 1 N–H and O–H groups in total. The average molecular weight is 370 g/mol. The van der Waals surface area contributed by atoms with E-state index in [2.05, 4.69) is 14.9 Å². The van der Waals surface area contributed by atoms with Crippen LogP contribution in [0.3, 0.4) is 0 Å². The number of nitrogens with zero attached hydrogens (tertiary/aromatic N) is 3. The highest BCUT2D eigenvalue weighted by molar-refractivity contribution is 7.03. The molecule has 136 valence electrons. The van der Waals surface area contributed by atoms with Gasteiger partial charge in [0.2, 0.25) is 5.91 Å². The van der Waals surface area contributed by atoms with E-state index < -0.39 is 6.04 Å². The van der Waals surface area contributed by atoms with E-state index in [4.69, 9.17) is 0 Å². The maximum absolute atomic E-state index is 13.2. The third kappa shape index (κ3) is 3.62. The molecular formula is C19H22N4O2S. The lowest BCUT2D eigenvalue weighted by atomic mass is 10.0. The number of hydrogen-bond donors (Lipinski definition) is 1. The summed E-state index contributed by atoms with van der Waals surface area (Å²) in [4.78, 5) is 28.0. The molecule has 1 aromatic carbocycles. The molecule has 1 heterocycles. The first-order valence-corrected chi connectivity index (χ1v) is 10.0. The molecule has 6 nitrogen and oxygen atoms in total. The van der Waals surface area contributed by atoms with Crippen molar-refractivity contribution < 1.29 is 9.59 Å². The second-order valence-corrected chi connectivity index (χ2v) is 7.65. The minimum atomic E-state index is -0.626. The molecule has 1 aromatic heterocycles. The van der Waals surface area contributed by atoms with Crippen molar-refractivity contribution in [3.05, 3.63) is 47.0 Å². The topological polar surface area (TPSA) is 75.2 Å². The smallest absolute Gasteiger partial charge is 0.276 e. The maximum Gasteiger partial charge on any atom is 0.276 e. The maximum atomic E-state index is 13.2. The molecular weight excluding hydrogens is 348 g/mol. The van der Waals surface area contributed by atoms with Crippen LogP contribution in [0.1, 0.15) is 60.6 Å². The van der Waals surface area contributed by atoms with E-state index >= 15 is 0 Å². The lowest BCUT2D eigenvalue weighted by molar-refractivity contribution is -0.126. The highest BCUT2D eigenvalue weighted by Crippen LogP contribution is 2.36. The molecule has 7 heteroatoms. The Balaban J connectivity index is 1.65. The van der Waals surface area contributed by atoms with Crippen LogP contribution in [0, 0.1) is 0 Å². The van der Waals surface area contributed by atoms with E-state index in [1.54, 1.807) is 10.3 Å². The lowest BCUT2D eigenvalue weighted by Gasteiger charge is -2.31. The van der Waals surface area contributed by atoms with E-state index in [1.807, 2.05) is 30.3 Å². The predicted octanol–water partition coefficient (Wildman–Crippen LogP) is 2.94. The molecule has 4 rings (SSSR count). The molecule has 0 bridgehead atoms. The zero-order valence-corrected chi connectivity index (χ0v) is 15.3. The SMILES string of the molecule is O=C(NC1CCCC1)[C@@H](c1ccccc1)N(C(=O)c1csnn1)C1CC1. The quantitative estimate of drug-likeness (QED) is 0.848. The fourth-order valence-electron chi connectivity index (χ4n) is 3.66. The average Bonchev–Trinajstić information content (AvgIpc) is 3.12. The summed E-state index contributed by atoms with van der Waals surface area (Å²) < 4.78 is 3.81. The van der Waals surface area contributed by atoms with Gasteiger partial charge in [0.1, 0.15) is 6.04 Å². The number of amides is 2. The van der Waals surface area contributed by atoms with Crippen molar-refractivity contribution in [2.45, 2.75) is 56.7 Å². The molecule has 26 heavy (non-hydrogen) atoms. The molecule has 2 aliphatic rings. The van der Waals surface area contributed by atoms with E-state index in [1.165, 1.54) is 0 Å². The van der Waals surface area contributed by atoms with Crippen LogP contribution >= 0.6 is 11.5 Å². The van der Waals surface area contributed by atoms with Crippen LogP contribution in [0.4, 0.5) is 0 Å². The second-order valence-electron chi connectivity index (χ2n) is 7.04. The fourth-order valence-corrected chi connectivity index (χ4v) is 4.09. The number of nitrogens with one attached hydrogen (secondary N) is 1. The first-order valence-electron chi connectivity index (χ1n) is 9.19. The summed E-state index contributed by atoms with van der Waals surface area (Å²) in [5.74, 6) is -0.303. The van der Waals surface area contributed by atoms with E-state index in [9.17, 15) is 9.59 Å². The van der Waals surface area contributed by atoms with Crippen molar-refractivity contribution in [3.63, 3.8) is 0 Å². The molecule has 0 saturated heterocycles. The van der Waals surface area contributed by atoms with Crippen molar-refractivity contribution in [2.24, 2.45) is 0 Å². The van der Waals surface area contributed by atoms with Gasteiger partial charge < -0.3 is 10.2 Å². The first-order chi connectivity index (χ1) is 12.7. The number of benzene rings is 1. The van der Waals surface area contributed by atoms with Gasteiger partial charge in [0.15, 0.2) is 5.69 Å². The Bertz CT molecular complexity index is 755. The van der Waals surface area contributed by atoms with Gasteiger partial charge in [-0.1, -0.05) is 47.7 Å². The zero-order valence-electron chi connectivity index (χ0n) is 14.5. The Labute approximate surface area is 156 Å². The Morgan fingerprint density at radius 2 is 1.85 bits per heavy atom. The minimum Gasteiger partial charge on any atom is -0.351 e. The molecule has 2 aromatic rings. The van der Waals surface area contributed by atoms with Crippen molar-refractivity contribution in [2.75, 3.05) is 0 Å². The van der Waals surface area contributed by atoms with Crippen LogP contribution < -0.4 is 5.32 Å². The summed E-state index contributed by atoms with van der Waals surface area (Å²) in [5, 5.41) is 8.75. The second kappa shape index (κ2) is 7.53. The summed E-state index contributed by atoms with van der Waals surface area (Å²) >= 11 is 1.15. The van der Waals surface area contributed by atoms with Gasteiger partial charge in [-0.25, -0.2) is 0 Å². The molecule has 2 aliphatic carbocycles. The number of carbonyl (C=O) groups is 2. The summed E-state index contributed by atoms with van der Waals surface area (Å²) in [6, 6.07) is 9.24. The normalized spacial score (nSPS) is 18.5. The van der Waals surface area contributed by atoms with E-state index in [-0.39, 0.29) is 23.9 Å². The van der Waals surface area contributed by atoms with Crippen LogP contribution in [0.5, 0.6) is 0 Å². The summed E-state index contributed by atoms with van der Waals surface area (Å²) in [6.45, 7) is 0. The number of aromatic nitrogens is 2. The Kier molecular flexibility index (Phi) is 4.97. The Morgan fingerprint density at radius 1 is 1.12 bits per heavy atom. The minimum absolute atomic E-state index is 0.0868. The van der Waals surface area contributed by atoms with E-state index in [0.29, 0.717) is 5.69 Å². The summed E-state index contributed by atoms with van der Waals surface area (Å²) in [5.41, 5.74) is 1.16. The monoisotopic (exact) mass is 370 g/mol. The Morgan fingerprint density at radius 3 is 2.46 bits per heavy atom. The number of rotatable bonds is 6. The largest absolute Gasteiger partial charge is 0.351 e. The van der Waals surface area contributed by atoms with Gasteiger partial charge in [-0.05, 0) is 42.8 Å². The molecule has 0 aliphatic heterocycles. The Hall–Kier alpha value is -2.28. The van der Waals surface area contributed by atoms with Crippen molar-refractivity contribution in [1.29, 1.82) is 0 Å². The van der Waals surface area contributed by atoms with Crippen LogP contribution in [-0.2, 0) is 4.79 Å². The predicted molar refractivity (Wildman–Crippen MR) is 98.7 cm³/mol. The van der Waals surface area contributed by atoms with Crippen LogP contribution in [-0.4, -0.2) is 38.4 Å². The first kappa shape index (κ1) is 17.1. The van der Waals surface area contributed by atoms with Gasteiger partial charge in [0, 0.05) is 17.5 Å². The van der Waals surface area contributed by atoms with Gasteiger partial charge in [-0.3, -0.25) is 9.59 Å². The molecule has 2 fully saturated rings. The molecule has 0 radical (unpaired) electrons. The molecule has 2 amide bonds. The summed E-state index contributed by atoms with van der Waals surface area (Å²) in [6.07, 6.45) is 6.17. The van der Waals surface area contributed by atoms with Gasteiger partial charge in [-0.15, -0.1) is 5.10 Å². The highest BCUT2D eigenvalue weighted by Gasteiger charge is 2.42. The van der Waals surface area contributed by atoms with Crippen LogP contribution in [0.25, 0.3) is 0 Å². The molecule has 0 spiro atoms. The third-order valence-electron chi connectivity index (χ3n) is 5.10. The molecule has 1 atom stereocenters. The van der Waals surface area contributed by atoms with Crippen molar-refractivity contribution >= 4 is 23.3 Å².